The fourth-order valence-corrected chi connectivity index (χ4v) is 0.970. The molecule has 1 aromatic heterocycles. The summed E-state index contributed by atoms with van der Waals surface area (Å²) < 4.78 is 0. The predicted molar refractivity (Wildman–Crippen MR) is 52.5 cm³/mol. The molecule has 0 aliphatic heterocycles. The molecule has 0 bridgehead atoms. The van der Waals surface area contributed by atoms with E-state index in [4.69, 9.17) is 11.6 Å². The molecule has 3 heteroatoms. The summed E-state index contributed by atoms with van der Waals surface area (Å²) in [5, 5.41) is 3.80. The predicted octanol–water partition coefficient (Wildman–Crippen LogP) is 2.72. The molecule has 12 heavy (non-hydrogen) atoms. The molecule has 1 rings (SSSR count). The highest BCUT2D eigenvalue weighted by molar-refractivity contribution is 6.33. The summed E-state index contributed by atoms with van der Waals surface area (Å²) in [5.41, 5.74) is 0.888. The Morgan fingerprint density at radius 1 is 1.75 bits per heavy atom. The molecule has 0 aromatic carbocycles. The Balaban J connectivity index is 2.75. The Labute approximate surface area is 77.3 Å². The van der Waals surface area contributed by atoms with Gasteiger partial charge < -0.3 is 5.32 Å². The highest BCUT2D eigenvalue weighted by atomic mass is 35.5. The average molecular weight is 183 g/mol. The third-order valence-electron chi connectivity index (χ3n) is 1.51. The minimum atomic E-state index is 0.213. The van der Waals surface area contributed by atoms with E-state index in [9.17, 15) is 0 Å². The number of halogens is 1. The number of aromatic nitrogens is 1. The van der Waals surface area contributed by atoms with E-state index >= 15 is 0 Å². The SMILES string of the molecule is C=CC(C)Nc1ccncc1Cl. The van der Waals surface area contributed by atoms with Gasteiger partial charge in [0.15, 0.2) is 0 Å². The second-order valence-corrected chi connectivity index (χ2v) is 2.93. The normalized spacial score (nSPS) is 12.2. The quantitative estimate of drug-likeness (QED) is 0.728. The van der Waals surface area contributed by atoms with Crippen LogP contribution in [0.2, 0.25) is 5.02 Å². The van der Waals surface area contributed by atoms with E-state index in [1.165, 1.54) is 0 Å². The van der Waals surface area contributed by atoms with Crippen LogP contribution in [0.25, 0.3) is 0 Å². The summed E-state index contributed by atoms with van der Waals surface area (Å²) in [6.45, 7) is 5.67. The largest absolute Gasteiger partial charge is 0.378 e. The number of pyridine rings is 1. The summed E-state index contributed by atoms with van der Waals surface area (Å²) in [5.74, 6) is 0. The summed E-state index contributed by atoms with van der Waals surface area (Å²) in [4.78, 5) is 3.88. The number of rotatable bonds is 3. The number of hydrogen-bond donors (Lipinski definition) is 1. The van der Waals surface area contributed by atoms with Crippen LogP contribution in [-0.2, 0) is 0 Å². The monoisotopic (exact) mass is 182 g/mol. The molecule has 0 aliphatic carbocycles. The van der Waals surface area contributed by atoms with Gasteiger partial charge in [0, 0.05) is 18.4 Å². The first kappa shape index (κ1) is 9.07. The van der Waals surface area contributed by atoms with Crippen LogP contribution in [-0.4, -0.2) is 11.0 Å². The van der Waals surface area contributed by atoms with Gasteiger partial charge in [0.2, 0.25) is 0 Å². The van der Waals surface area contributed by atoms with Gasteiger partial charge in [-0.25, -0.2) is 0 Å². The van der Waals surface area contributed by atoms with Gasteiger partial charge in [0.05, 0.1) is 10.7 Å². The zero-order valence-electron chi connectivity index (χ0n) is 6.92. The molecule has 64 valence electrons. The van der Waals surface area contributed by atoms with Gasteiger partial charge in [-0.15, -0.1) is 6.58 Å². The smallest absolute Gasteiger partial charge is 0.0820 e. The molecule has 1 unspecified atom stereocenters. The molecular formula is C9H11ClN2. The topological polar surface area (TPSA) is 24.9 Å². The molecule has 0 radical (unpaired) electrons. The van der Waals surface area contributed by atoms with Crippen molar-refractivity contribution in [2.24, 2.45) is 0 Å². The Morgan fingerprint density at radius 3 is 3.08 bits per heavy atom. The van der Waals surface area contributed by atoms with E-state index in [2.05, 4.69) is 16.9 Å². The lowest BCUT2D eigenvalue weighted by molar-refractivity contribution is 1.000. The molecule has 1 atom stereocenters. The first-order valence-electron chi connectivity index (χ1n) is 3.72. The zero-order valence-corrected chi connectivity index (χ0v) is 7.67. The van der Waals surface area contributed by atoms with Crippen molar-refractivity contribution >= 4 is 17.3 Å². The van der Waals surface area contributed by atoms with E-state index in [-0.39, 0.29) is 6.04 Å². The van der Waals surface area contributed by atoms with Crippen LogP contribution in [0.1, 0.15) is 6.92 Å². The van der Waals surface area contributed by atoms with Gasteiger partial charge >= 0.3 is 0 Å². The Bertz CT molecular complexity index is 273. The van der Waals surface area contributed by atoms with E-state index in [0.29, 0.717) is 5.02 Å². The van der Waals surface area contributed by atoms with Crippen molar-refractivity contribution in [3.63, 3.8) is 0 Å². The van der Waals surface area contributed by atoms with Crippen molar-refractivity contribution in [2.45, 2.75) is 13.0 Å². The molecule has 0 fully saturated rings. The maximum absolute atomic E-state index is 5.87. The van der Waals surface area contributed by atoms with Crippen LogP contribution in [0.3, 0.4) is 0 Å². The lowest BCUT2D eigenvalue weighted by Gasteiger charge is -2.11. The molecular weight excluding hydrogens is 172 g/mol. The Morgan fingerprint density at radius 2 is 2.50 bits per heavy atom. The standard InChI is InChI=1S/C9H11ClN2/c1-3-7(2)12-9-4-5-11-6-8(9)10/h3-7H,1H2,2H3,(H,11,12). The van der Waals surface area contributed by atoms with E-state index in [0.717, 1.165) is 5.69 Å². The lowest BCUT2D eigenvalue weighted by atomic mass is 10.3. The van der Waals surface area contributed by atoms with Crippen LogP contribution in [0.5, 0.6) is 0 Å². The maximum Gasteiger partial charge on any atom is 0.0820 e. The molecule has 0 saturated carbocycles. The van der Waals surface area contributed by atoms with E-state index in [1.807, 2.05) is 19.1 Å². The number of hydrogen-bond acceptors (Lipinski definition) is 2. The van der Waals surface area contributed by atoms with Gasteiger partial charge in [0.1, 0.15) is 0 Å². The summed E-state index contributed by atoms with van der Waals surface area (Å²) >= 11 is 5.87. The molecule has 0 spiro atoms. The van der Waals surface area contributed by atoms with Crippen LogP contribution >= 0.6 is 11.6 Å². The summed E-state index contributed by atoms with van der Waals surface area (Å²) in [6, 6.07) is 2.05. The molecule has 2 nitrogen and oxygen atoms in total. The molecule has 0 amide bonds. The first-order chi connectivity index (χ1) is 5.74. The van der Waals surface area contributed by atoms with Gasteiger partial charge in [-0.3, -0.25) is 4.98 Å². The van der Waals surface area contributed by atoms with Crippen molar-refractivity contribution in [1.82, 2.24) is 4.98 Å². The van der Waals surface area contributed by atoms with Gasteiger partial charge in [-0.2, -0.15) is 0 Å². The lowest BCUT2D eigenvalue weighted by Crippen LogP contribution is -2.11. The van der Waals surface area contributed by atoms with Crippen molar-refractivity contribution in [1.29, 1.82) is 0 Å². The highest BCUT2D eigenvalue weighted by Crippen LogP contribution is 2.19. The number of nitrogens with one attached hydrogen (secondary N) is 1. The van der Waals surface area contributed by atoms with Crippen molar-refractivity contribution < 1.29 is 0 Å². The number of nitrogens with zero attached hydrogens (tertiary/aromatic N) is 1. The number of anilines is 1. The molecule has 0 aliphatic rings. The zero-order chi connectivity index (χ0) is 8.97. The van der Waals surface area contributed by atoms with Gasteiger partial charge in [-0.1, -0.05) is 17.7 Å². The third-order valence-corrected chi connectivity index (χ3v) is 1.81. The second kappa shape index (κ2) is 4.12. The minimum Gasteiger partial charge on any atom is -0.378 e. The van der Waals surface area contributed by atoms with E-state index < -0.39 is 0 Å². The molecule has 1 aromatic rings. The fraction of sp³-hybridized carbons (Fsp3) is 0.222. The second-order valence-electron chi connectivity index (χ2n) is 2.52. The Kier molecular flexibility index (Phi) is 3.11. The van der Waals surface area contributed by atoms with Crippen LogP contribution in [0.15, 0.2) is 31.1 Å². The maximum atomic E-state index is 5.87. The molecule has 1 heterocycles. The first-order valence-corrected chi connectivity index (χ1v) is 4.10. The summed E-state index contributed by atoms with van der Waals surface area (Å²) in [6.07, 6.45) is 5.13. The fourth-order valence-electron chi connectivity index (χ4n) is 0.796. The molecule has 1 N–H and O–H groups in total. The van der Waals surface area contributed by atoms with Crippen molar-refractivity contribution in [3.05, 3.63) is 36.1 Å². The van der Waals surface area contributed by atoms with Crippen molar-refractivity contribution in [2.75, 3.05) is 5.32 Å². The van der Waals surface area contributed by atoms with Crippen molar-refractivity contribution in [3.8, 4) is 0 Å². The molecule has 0 saturated heterocycles. The van der Waals surface area contributed by atoms with Crippen LogP contribution in [0.4, 0.5) is 5.69 Å². The summed E-state index contributed by atoms with van der Waals surface area (Å²) in [7, 11) is 0. The van der Waals surface area contributed by atoms with Crippen LogP contribution in [0, 0.1) is 0 Å². The van der Waals surface area contributed by atoms with E-state index in [1.54, 1.807) is 12.4 Å². The highest BCUT2D eigenvalue weighted by Gasteiger charge is 2.00. The van der Waals surface area contributed by atoms with Gasteiger partial charge in [0.25, 0.3) is 0 Å². The van der Waals surface area contributed by atoms with Crippen LogP contribution < -0.4 is 5.32 Å². The van der Waals surface area contributed by atoms with Gasteiger partial charge in [-0.05, 0) is 13.0 Å². The minimum absolute atomic E-state index is 0.213. The average Bonchev–Trinajstić information content (AvgIpc) is 2.09. The Hall–Kier alpha value is -1.02. The third kappa shape index (κ3) is 2.24.